The van der Waals surface area contributed by atoms with E-state index in [2.05, 4.69) is 23.4 Å². The Bertz CT molecular complexity index is 1030. The molecule has 0 saturated carbocycles. The molecule has 3 unspecified atom stereocenters. The van der Waals surface area contributed by atoms with Crippen molar-refractivity contribution < 1.29 is 14.3 Å². The van der Waals surface area contributed by atoms with Crippen LogP contribution < -0.4 is 15.2 Å². The molecule has 0 aromatic heterocycles. The van der Waals surface area contributed by atoms with E-state index >= 15 is 0 Å². The van der Waals surface area contributed by atoms with Gasteiger partial charge in [-0.25, -0.2) is 4.99 Å². The van der Waals surface area contributed by atoms with Crippen LogP contribution in [0.25, 0.3) is 0 Å². The molecule has 1 aromatic rings. The molecule has 3 aliphatic rings. The third-order valence-corrected chi connectivity index (χ3v) is 5.64. The molecule has 0 aliphatic carbocycles. The number of nitrogens with two attached hydrogens (primary N) is 1. The second kappa shape index (κ2) is 8.56. The van der Waals surface area contributed by atoms with E-state index in [1.165, 1.54) is 6.08 Å². The molecule has 3 atom stereocenters. The molecule has 3 aliphatic heterocycles. The first-order valence-corrected chi connectivity index (χ1v) is 10.1. The van der Waals surface area contributed by atoms with Gasteiger partial charge in [0.2, 0.25) is 5.91 Å². The molecule has 1 saturated heterocycles. The van der Waals surface area contributed by atoms with Crippen LogP contribution in [0, 0.1) is 17.8 Å². The Balaban J connectivity index is 1.63. The number of aliphatic imine (C=N–C) groups is 2. The Labute approximate surface area is 181 Å². The van der Waals surface area contributed by atoms with Crippen molar-refractivity contribution in [2.24, 2.45) is 21.6 Å². The maximum atomic E-state index is 12.0. The third kappa shape index (κ3) is 3.99. The molecule has 8 heteroatoms. The van der Waals surface area contributed by atoms with Crippen molar-refractivity contribution in [2.45, 2.75) is 18.5 Å². The van der Waals surface area contributed by atoms with Gasteiger partial charge in [-0.1, -0.05) is 18.4 Å². The summed E-state index contributed by atoms with van der Waals surface area (Å²) in [5.41, 5.74) is 6.99. The van der Waals surface area contributed by atoms with E-state index in [1.807, 2.05) is 23.2 Å². The van der Waals surface area contributed by atoms with E-state index in [0.29, 0.717) is 30.4 Å². The minimum Gasteiger partial charge on any atom is -0.497 e. The van der Waals surface area contributed by atoms with Crippen molar-refractivity contribution in [3.63, 3.8) is 0 Å². The Morgan fingerprint density at radius 2 is 2.03 bits per heavy atom. The summed E-state index contributed by atoms with van der Waals surface area (Å²) in [4.78, 5) is 25.0. The number of carbonyl (C=O) groups excluding carboxylic acids is 1. The van der Waals surface area contributed by atoms with Crippen LogP contribution in [0.1, 0.15) is 12.0 Å². The van der Waals surface area contributed by atoms with E-state index in [0.717, 1.165) is 17.8 Å². The first kappa shape index (κ1) is 20.5. The van der Waals surface area contributed by atoms with Crippen molar-refractivity contribution >= 4 is 17.6 Å². The maximum Gasteiger partial charge on any atom is 0.245 e. The van der Waals surface area contributed by atoms with E-state index in [1.54, 1.807) is 31.4 Å². The Morgan fingerprint density at radius 1 is 1.29 bits per heavy atom. The molecule has 0 radical (unpaired) electrons. The summed E-state index contributed by atoms with van der Waals surface area (Å²) in [6, 6.07) is 4.86. The number of hydrogen-bond donors (Lipinski definition) is 1. The molecule has 0 bridgehead atoms. The number of fused-ring (bicyclic) bond motifs is 1. The number of methoxy groups -OCH3 is 2. The highest BCUT2D eigenvalue weighted by Gasteiger charge is 2.42. The molecule has 1 fully saturated rings. The molecule has 3 heterocycles. The minimum absolute atomic E-state index is 0.0591. The van der Waals surface area contributed by atoms with Gasteiger partial charge in [0.1, 0.15) is 35.3 Å². The van der Waals surface area contributed by atoms with Gasteiger partial charge in [-0.2, -0.15) is 0 Å². The van der Waals surface area contributed by atoms with Gasteiger partial charge in [0.25, 0.3) is 0 Å². The SMILES string of the molecule is C=CC(=O)N1CCC(C2=NC(C#Cc3cc(OC)cc(OC)c3)C3C(N)=NC=CN23)C1. The lowest BCUT2D eigenvalue weighted by Crippen LogP contribution is -2.48. The van der Waals surface area contributed by atoms with Gasteiger partial charge < -0.3 is 25.0 Å². The zero-order valence-electron chi connectivity index (χ0n) is 17.6. The highest BCUT2D eigenvalue weighted by atomic mass is 16.5. The standard InChI is InChI=1S/C23H25N5O3/c1-4-20(29)27-9-7-16(14-27)23-26-19(21-22(24)25-8-10-28(21)23)6-5-15-11-17(30-2)13-18(12-15)31-3/h4,8,10-13,16,19,21H,1,7,9,14H2,2-3H3,(H2,24,25). The Kier molecular flexibility index (Phi) is 5.67. The summed E-state index contributed by atoms with van der Waals surface area (Å²) < 4.78 is 10.6. The summed E-state index contributed by atoms with van der Waals surface area (Å²) >= 11 is 0. The second-order valence-electron chi connectivity index (χ2n) is 7.48. The monoisotopic (exact) mass is 419 g/mol. The fourth-order valence-electron chi connectivity index (χ4n) is 4.08. The van der Waals surface area contributed by atoms with Gasteiger partial charge in [0.05, 0.1) is 14.2 Å². The van der Waals surface area contributed by atoms with Crippen LogP contribution in [-0.2, 0) is 4.79 Å². The normalized spacial score (nSPS) is 24.0. The lowest BCUT2D eigenvalue weighted by molar-refractivity contribution is -0.125. The molecule has 0 spiro atoms. The van der Waals surface area contributed by atoms with Crippen molar-refractivity contribution in [1.29, 1.82) is 0 Å². The van der Waals surface area contributed by atoms with E-state index in [4.69, 9.17) is 20.2 Å². The molecule has 1 aromatic carbocycles. The summed E-state index contributed by atoms with van der Waals surface area (Å²) in [5.74, 6) is 9.18. The van der Waals surface area contributed by atoms with Gasteiger partial charge in [-0.15, -0.1) is 0 Å². The number of amides is 1. The summed E-state index contributed by atoms with van der Waals surface area (Å²) in [6.07, 6.45) is 5.74. The van der Waals surface area contributed by atoms with Crippen LogP contribution >= 0.6 is 0 Å². The summed E-state index contributed by atoms with van der Waals surface area (Å²) in [5, 5.41) is 0. The van der Waals surface area contributed by atoms with Crippen LogP contribution in [0.3, 0.4) is 0 Å². The lowest BCUT2D eigenvalue weighted by Gasteiger charge is -2.29. The van der Waals surface area contributed by atoms with Crippen LogP contribution in [0.5, 0.6) is 11.5 Å². The van der Waals surface area contributed by atoms with Crippen LogP contribution in [0.2, 0.25) is 0 Å². The quantitative estimate of drug-likeness (QED) is 0.588. The fourth-order valence-corrected chi connectivity index (χ4v) is 4.08. The molecule has 160 valence electrons. The van der Waals surface area contributed by atoms with Crippen LogP contribution in [0.15, 0.2) is 53.2 Å². The van der Waals surface area contributed by atoms with Gasteiger partial charge in [0.15, 0.2) is 0 Å². The molecule has 4 rings (SSSR count). The smallest absolute Gasteiger partial charge is 0.245 e. The third-order valence-electron chi connectivity index (χ3n) is 5.64. The Morgan fingerprint density at radius 3 is 2.71 bits per heavy atom. The van der Waals surface area contributed by atoms with Gasteiger partial charge in [0, 0.05) is 43.0 Å². The zero-order valence-corrected chi connectivity index (χ0v) is 17.6. The number of carbonyl (C=O) groups is 1. The van der Waals surface area contributed by atoms with Gasteiger partial charge >= 0.3 is 0 Å². The zero-order chi connectivity index (χ0) is 22.0. The predicted molar refractivity (Wildman–Crippen MR) is 119 cm³/mol. The van der Waals surface area contributed by atoms with Crippen LogP contribution in [0.4, 0.5) is 0 Å². The molecular formula is C23H25N5O3. The number of amidine groups is 2. The van der Waals surface area contributed by atoms with Crippen LogP contribution in [-0.4, -0.2) is 66.8 Å². The van der Waals surface area contributed by atoms with Gasteiger partial charge in [-0.3, -0.25) is 9.79 Å². The molecular weight excluding hydrogens is 394 g/mol. The number of ether oxygens (including phenoxy) is 2. The molecule has 8 nitrogen and oxygen atoms in total. The van der Waals surface area contributed by atoms with E-state index in [-0.39, 0.29) is 23.9 Å². The lowest BCUT2D eigenvalue weighted by atomic mass is 10.0. The van der Waals surface area contributed by atoms with Crippen molar-refractivity contribution in [1.82, 2.24) is 9.80 Å². The van der Waals surface area contributed by atoms with E-state index < -0.39 is 0 Å². The highest BCUT2D eigenvalue weighted by molar-refractivity contribution is 5.99. The average molecular weight is 419 g/mol. The predicted octanol–water partition coefficient (Wildman–Crippen LogP) is 1.38. The van der Waals surface area contributed by atoms with Crippen molar-refractivity contribution in [3.8, 4) is 23.3 Å². The summed E-state index contributed by atoms with van der Waals surface area (Å²) in [6.45, 7) is 4.86. The topological polar surface area (TPSA) is 92.8 Å². The number of nitrogens with zero attached hydrogens (tertiary/aromatic N) is 4. The first-order chi connectivity index (χ1) is 15.0. The highest BCUT2D eigenvalue weighted by Crippen LogP contribution is 2.30. The number of benzene rings is 1. The fraction of sp³-hybridized carbons (Fsp3) is 0.348. The van der Waals surface area contributed by atoms with Crippen molar-refractivity contribution in [2.75, 3.05) is 27.3 Å². The molecule has 31 heavy (non-hydrogen) atoms. The number of rotatable bonds is 4. The first-order valence-electron chi connectivity index (χ1n) is 10.1. The Hall–Kier alpha value is -3.73. The molecule has 1 amide bonds. The number of hydrogen-bond acceptors (Lipinski definition) is 7. The second-order valence-corrected chi connectivity index (χ2v) is 7.48. The maximum absolute atomic E-state index is 12.0. The number of likely N-dealkylation sites (tertiary alicyclic amines) is 1. The molecule has 2 N–H and O–H groups in total. The van der Waals surface area contributed by atoms with Gasteiger partial charge in [-0.05, 0) is 24.6 Å². The van der Waals surface area contributed by atoms with Crippen molar-refractivity contribution in [3.05, 3.63) is 48.8 Å². The largest absolute Gasteiger partial charge is 0.497 e. The van der Waals surface area contributed by atoms with E-state index in [9.17, 15) is 4.79 Å². The minimum atomic E-state index is -0.370. The summed E-state index contributed by atoms with van der Waals surface area (Å²) in [7, 11) is 3.20. The average Bonchev–Trinajstić information content (AvgIpc) is 3.42.